The second-order valence-corrected chi connectivity index (χ2v) is 7.52. The molecule has 1 atom stereocenters. The number of carbonyl (C=O) groups is 1. The molecule has 2 aromatic carbocycles. The molecule has 0 unspecified atom stereocenters. The van der Waals surface area contributed by atoms with Crippen LogP contribution in [0, 0.1) is 0 Å². The summed E-state index contributed by atoms with van der Waals surface area (Å²) in [6.07, 6.45) is 3.64. The maximum Gasteiger partial charge on any atom is 0.231 e. The van der Waals surface area contributed by atoms with Crippen LogP contribution >= 0.6 is 0 Å². The van der Waals surface area contributed by atoms with Gasteiger partial charge in [0.05, 0.1) is 17.0 Å². The normalized spacial score (nSPS) is 20.8. The summed E-state index contributed by atoms with van der Waals surface area (Å²) in [4.78, 5) is 13.2. The van der Waals surface area contributed by atoms with Crippen LogP contribution in [0.3, 0.4) is 0 Å². The number of Topliss-reactive ketones (excluding diaryl/α,β-unsaturated/α-hetero) is 1. The summed E-state index contributed by atoms with van der Waals surface area (Å²) in [6, 6.07) is 4.65. The quantitative estimate of drug-likeness (QED) is 0.781. The second kappa shape index (κ2) is 5.58. The summed E-state index contributed by atoms with van der Waals surface area (Å²) >= 11 is 0. The Morgan fingerprint density at radius 3 is 2.71 bits per heavy atom. The number of ketones is 1. The van der Waals surface area contributed by atoms with E-state index in [1.54, 1.807) is 18.2 Å². The highest BCUT2D eigenvalue weighted by atomic mass is 16.7. The van der Waals surface area contributed by atoms with E-state index in [-0.39, 0.29) is 42.0 Å². The van der Waals surface area contributed by atoms with Gasteiger partial charge in [-0.3, -0.25) is 4.79 Å². The molecule has 0 saturated heterocycles. The van der Waals surface area contributed by atoms with Crippen LogP contribution in [-0.4, -0.2) is 35.0 Å². The van der Waals surface area contributed by atoms with Gasteiger partial charge in [0.25, 0.3) is 0 Å². The fourth-order valence-electron chi connectivity index (χ4n) is 3.75. The zero-order valence-electron chi connectivity index (χ0n) is 15.3. The Morgan fingerprint density at radius 2 is 1.89 bits per heavy atom. The largest absolute Gasteiger partial charge is 0.504 e. The van der Waals surface area contributed by atoms with Crippen LogP contribution in [0.4, 0.5) is 0 Å². The molecule has 2 aromatic rings. The smallest absolute Gasteiger partial charge is 0.231 e. The number of carbonyl (C=O) groups excluding carboxylic acids is 1. The highest BCUT2D eigenvalue weighted by molar-refractivity contribution is 6.06. The zero-order valence-corrected chi connectivity index (χ0v) is 15.3. The third kappa shape index (κ3) is 2.32. The predicted molar refractivity (Wildman–Crippen MR) is 98.6 cm³/mol. The van der Waals surface area contributed by atoms with Gasteiger partial charge < -0.3 is 29.2 Å². The Bertz CT molecular complexity index is 1050. The average Bonchev–Trinajstić information content (AvgIpc) is 3.13. The maximum atomic E-state index is 13.2. The number of ether oxygens (including phenoxy) is 4. The number of hydrogen-bond donors (Lipinski definition) is 2. The minimum Gasteiger partial charge on any atom is -0.504 e. The highest BCUT2D eigenvalue weighted by Gasteiger charge is 2.38. The van der Waals surface area contributed by atoms with Crippen LogP contribution in [0.15, 0.2) is 24.3 Å². The zero-order chi connectivity index (χ0) is 19.6. The Balaban J connectivity index is 1.58. The monoisotopic (exact) mass is 382 g/mol. The molecule has 7 heteroatoms. The minimum atomic E-state index is -0.732. The van der Waals surface area contributed by atoms with Crippen molar-refractivity contribution in [2.75, 3.05) is 13.4 Å². The van der Waals surface area contributed by atoms with Gasteiger partial charge in [0, 0.05) is 5.56 Å². The van der Waals surface area contributed by atoms with Crippen LogP contribution in [0.1, 0.15) is 41.3 Å². The highest BCUT2D eigenvalue weighted by Crippen LogP contribution is 2.50. The van der Waals surface area contributed by atoms with E-state index in [4.69, 9.17) is 18.9 Å². The molecule has 0 spiro atoms. The number of phenolic OH excluding ortho intramolecular Hbond substituents is 2. The van der Waals surface area contributed by atoms with Gasteiger partial charge in [-0.05, 0) is 38.1 Å². The standard InChI is InChI=1S/C21H18O7/c1-21(2)6-5-11-18-12(7-14(22)19(11)28-21)16(23)13(8-25-18)10-3-4-15-20(17(10)24)27-9-26-15/h3-7,13,22,24H,8-9H2,1-2H3/t13-/m1/s1. The van der Waals surface area contributed by atoms with Crippen molar-refractivity contribution in [3.05, 3.63) is 41.0 Å². The Morgan fingerprint density at radius 1 is 1.07 bits per heavy atom. The molecule has 3 aliphatic heterocycles. The summed E-state index contributed by atoms with van der Waals surface area (Å²) in [6.45, 7) is 3.81. The predicted octanol–water partition coefficient (Wildman–Crippen LogP) is 3.37. The van der Waals surface area contributed by atoms with Gasteiger partial charge in [0.2, 0.25) is 12.5 Å². The van der Waals surface area contributed by atoms with Crippen LogP contribution in [0.5, 0.6) is 34.5 Å². The topological polar surface area (TPSA) is 94.5 Å². The average molecular weight is 382 g/mol. The lowest BCUT2D eigenvalue weighted by atomic mass is 9.86. The van der Waals surface area contributed by atoms with Crippen LogP contribution < -0.4 is 18.9 Å². The molecule has 3 heterocycles. The van der Waals surface area contributed by atoms with Gasteiger partial charge in [-0.25, -0.2) is 0 Å². The number of benzene rings is 2. The molecule has 144 valence electrons. The number of phenols is 2. The molecule has 5 rings (SSSR count). The lowest BCUT2D eigenvalue weighted by molar-refractivity contribution is 0.0890. The third-order valence-electron chi connectivity index (χ3n) is 5.16. The Labute approximate surface area is 160 Å². The van der Waals surface area contributed by atoms with E-state index >= 15 is 0 Å². The first-order valence-corrected chi connectivity index (χ1v) is 8.92. The van der Waals surface area contributed by atoms with E-state index in [0.717, 1.165) is 0 Å². The minimum absolute atomic E-state index is 0.0208. The van der Waals surface area contributed by atoms with E-state index in [2.05, 4.69) is 0 Å². The molecule has 0 bridgehead atoms. The van der Waals surface area contributed by atoms with Gasteiger partial charge in [-0.15, -0.1) is 0 Å². The molecule has 2 N–H and O–H groups in total. The van der Waals surface area contributed by atoms with E-state index in [1.807, 2.05) is 19.9 Å². The number of hydrogen-bond acceptors (Lipinski definition) is 7. The molecule has 3 aliphatic rings. The van der Waals surface area contributed by atoms with Crippen LogP contribution in [-0.2, 0) is 0 Å². The van der Waals surface area contributed by atoms with Gasteiger partial charge in [0.15, 0.2) is 28.8 Å². The first kappa shape index (κ1) is 16.8. The summed E-state index contributed by atoms with van der Waals surface area (Å²) < 4.78 is 22.3. The van der Waals surface area contributed by atoms with Crippen molar-refractivity contribution in [1.29, 1.82) is 0 Å². The van der Waals surface area contributed by atoms with E-state index < -0.39 is 11.5 Å². The van der Waals surface area contributed by atoms with Crippen molar-refractivity contribution in [3.8, 4) is 34.5 Å². The molecular weight excluding hydrogens is 364 g/mol. The molecule has 7 nitrogen and oxygen atoms in total. The molecule has 0 radical (unpaired) electrons. The molecule has 0 aliphatic carbocycles. The van der Waals surface area contributed by atoms with E-state index in [0.29, 0.717) is 28.4 Å². The lowest BCUT2D eigenvalue weighted by Crippen LogP contribution is -2.30. The SMILES string of the molecule is CC1(C)C=Cc2c(c(O)cc3c2OC[C@H](c2ccc4c(c2O)OCO4)C3=O)O1. The lowest BCUT2D eigenvalue weighted by Gasteiger charge is -2.32. The molecule has 0 aromatic heterocycles. The van der Waals surface area contributed by atoms with Gasteiger partial charge in [0.1, 0.15) is 18.0 Å². The molecular formula is C21H18O7. The van der Waals surface area contributed by atoms with Crippen LogP contribution in [0.2, 0.25) is 0 Å². The molecule has 0 fully saturated rings. The summed E-state index contributed by atoms with van der Waals surface area (Å²) in [7, 11) is 0. The first-order valence-electron chi connectivity index (χ1n) is 8.92. The van der Waals surface area contributed by atoms with Crippen molar-refractivity contribution < 1.29 is 34.0 Å². The Hall–Kier alpha value is -3.35. The van der Waals surface area contributed by atoms with Gasteiger partial charge >= 0.3 is 0 Å². The van der Waals surface area contributed by atoms with Crippen molar-refractivity contribution in [1.82, 2.24) is 0 Å². The Kier molecular flexibility index (Phi) is 3.34. The summed E-state index contributed by atoms with van der Waals surface area (Å²) in [5.41, 5.74) is 0.608. The number of aromatic hydroxyl groups is 2. The van der Waals surface area contributed by atoms with Crippen molar-refractivity contribution in [2.24, 2.45) is 0 Å². The van der Waals surface area contributed by atoms with Crippen molar-refractivity contribution in [3.63, 3.8) is 0 Å². The summed E-state index contributed by atoms with van der Waals surface area (Å²) in [5, 5.41) is 21.0. The third-order valence-corrected chi connectivity index (χ3v) is 5.16. The second-order valence-electron chi connectivity index (χ2n) is 7.52. The van der Waals surface area contributed by atoms with Gasteiger partial charge in [-0.1, -0.05) is 6.07 Å². The fourth-order valence-corrected chi connectivity index (χ4v) is 3.75. The van der Waals surface area contributed by atoms with Crippen molar-refractivity contribution >= 4 is 11.9 Å². The number of fused-ring (bicyclic) bond motifs is 4. The maximum absolute atomic E-state index is 13.2. The molecule has 0 saturated carbocycles. The van der Waals surface area contributed by atoms with Crippen LogP contribution in [0.25, 0.3) is 6.08 Å². The van der Waals surface area contributed by atoms with Crippen molar-refractivity contribution in [2.45, 2.75) is 25.4 Å². The summed E-state index contributed by atoms with van der Waals surface area (Å²) in [5.74, 6) is 0.0808. The first-order chi connectivity index (χ1) is 13.4. The van der Waals surface area contributed by atoms with E-state index in [9.17, 15) is 15.0 Å². The van der Waals surface area contributed by atoms with E-state index in [1.165, 1.54) is 6.07 Å². The number of rotatable bonds is 1. The molecule has 0 amide bonds. The fraction of sp³-hybridized carbons (Fsp3) is 0.286. The van der Waals surface area contributed by atoms with Gasteiger partial charge in [-0.2, -0.15) is 0 Å². The molecule has 28 heavy (non-hydrogen) atoms.